The lowest BCUT2D eigenvalue weighted by Crippen LogP contribution is -2.22. The zero-order valence-corrected chi connectivity index (χ0v) is 14.0. The molecule has 0 saturated heterocycles. The van der Waals surface area contributed by atoms with Crippen molar-refractivity contribution in [1.29, 1.82) is 5.26 Å². The highest BCUT2D eigenvalue weighted by molar-refractivity contribution is 7.89. The molecule has 8 nitrogen and oxygen atoms in total. The number of hydrogen-bond donors (Lipinski definition) is 2. The van der Waals surface area contributed by atoms with Gasteiger partial charge in [-0.3, -0.25) is 0 Å². The highest BCUT2D eigenvalue weighted by atomic mass is 32.2. The molecule has 2 rings (SSSR count). The summed E-state index contributed by atoms with van der Waals surface area (Å²) in [4.78, 5) is 11.3. The van der Waals surface area contributed by atoms with Gasteiger partial charge in [-0.1, -0.05) is 0 Å². The van der Waals surface area contributed by atoms with Crippen molar-refractivity contribution in [2.24, 2.45) is 0 Å². The van der Waals surface area contributed by atoms with Crippen LogP contribution in [0.4, 0.5) is 5.69 Å². The first-order valence-corrected chi connectivity index (χ1v) is 8.52. The predicted molar refractivity (Wildman–Crippen MR) is 88.5 cm³/mol. The smallest absolute Gasteiger partial charge is 0.350 e. The van der Waals surface area contributed by atoms with E-state index in [0.717, 1.165) is 0 Å². The van der Waals surface area contributed by atoms with Crippen molar-refractivity contribution in [2.45, 2.75) is 11.4 Å². The van der Waals surface area contributed by atoms with Crippen LogP contribution in [-0.4, -0.2) is 21.5 Å². The van der Waals surface area contributed by atoms with Gasteiger partial charge >= 0.3 is 5.97 Å². The number of furan rings is 1. The van der Waals surface area contributed by atoms with Crippen LogP contribution in [0.3, 0.4) is 0 Å². The van der Waals surface area contributed by atoms with Gasteiger partial charge in [-0.25, -0.2) is 17.9 Å². The van der Waals surface area contributed by atoms with Crippen LogP contribution in [0.15, 0.2) is 63.7 Å². The molecule has 1 heterocycles. The third kappa shape index (κ3) is 4.94. The van der Waals surface area contributed by atoms with E-state index < -0.39 is 16.0 Å². The van der Waals surface area contributed by atoms with Gasteiger partial charge in [0.1, 0.15) is 11.8 Å². The highest BCUT2D eigenvalue weighted by Gasteiger charge is 2.14. The number of anilines is 1. The van der Waals surface area contributed by atoms with Gasteiger partial charge in [0.2, 0.25) is 10.0 Å². The molecule has 0 atom stereocenters. The lowest BCUT2D eigenvalue weighted by Gasteiger charge is -2.07. The van der Waals surface area contributed by atoms with Crippen molar-refractivity contribution in [3.63, 3.8) is 0 Å². The second-order valence-electron chi connectivity index (χ2n) is 4.73. The summed E-state index contributed by atoms with van der Waals surface area (Å²) in [7, 11) is -2.52. The fraction of sp³-hybridized carbons (Fsp3) is 0.125. The minimum atomic E-state index is -3.69. The molecule has 9 heteroatoms. The Morgan fingerprint density at radius 2 is 2.04 bits per heavy atom. The monoisotopic (exact) mass is 361 g/mol. The summed E-state index contributed by atoms with van der Waals surface area (Å²) < 4.78 is 36.3. The van der Waals surface area contributed by atoms with E-state index in [2.05, 4.69) is 14.8 Å². The molecular formula is C16H15N3O5S. The number of benzene rings is 1. The Morgan fingerprint density at radius 3 is 2.60 bits per heavy atom. The average Bonchev–Trinajstić information content (AvgIpc) is 3.14. The van der Waals surface area contributed by atoms with Crippen molar-refractivity contribution < 1.29 is 22.4 Å². The van der Waals surface area contributed by atoms with Crippen LogP contribution in [0.2, 0.25) is 0 Å². The van der Waals surface area contributed by atoms with Crippen LogP contribution in [0, 0.1) is 11.3 Å². The molecule has 1 aromatic heterocycles. The summed E-state index contributed by atoms with van der Waals surface area (Å²) >= 11 is 0. The lowest BCUT2D eigenvalue weighted by molar-refractivity contribution is -0.135. The van der Waals surface area contributed by atoms with Crippen molar-refractivity contribution in [1.82, 2.24) is 4.72 Å². The van der Waals surface area contributed by atoms with Crippen LogP contribution >= 0.6 is 0 Å². The van der Waals surface area contributed by atoms with E-state index in [1.54, 1.807) is 18.2 Å². The van der Waals surface area contributed by atoms with Crippen LogP contribution in [-0.2, 0) is 26.1 Å². The molecule has 130 valence electrons. The summed E-state index contributed by atoms with van der Waals surface area (Å²) in [5.74, 6) is -0.268. The normalized spacial score (nSPS) is 11.6. The molecule has 0 aliphatic carbocycles. The molecule has 25 heavy (non-hydrogen) atoms. The minimum absolute atomic E-state index is 0.0444. The molecule has 0 radical (unpaired) electrons. The van der Waals surface area contributed by atoms with Gasteiger partial charge in [-0.2, -0.15) is 5.26 Å². The predicted octanol–water partition coefficient (Wildman–Crippen LogP) is 1.75. The molecular weight excluding hydrogens is 346 g/mol. The van der Waals surface area contributed by atoms with E-state index in [4.69, 9.17) is 9.68 Å². The van der Waals surface area contributed by atoms with E-state index in [1.807, 2.05) is 0 Å². The number of sulfonamides is 1. The first kappa shape index (κ1) is 18.3. The zero-order chi connectivity index (χ0) is 18.3. The number of rotatable bonds is 7. The van der Waals surface area contributed by atoms with E-state index in [1.165, 1.54) is 43.8 Å². The van der Waals surface area contributed by atoms with Crippen molar-refractivity contribution >= 4 is 21.7 Å². The first-order valence-electron chi connectivity index (χ1n) is 7.03. The quantitative estimate of drug-likeness (QED) is 0.438. The van der Waals surface area contributed by atoms with E-state index in [9.17, 15) is 13.2 Å². The number of hydrogen-bond acceptors (Lipinski definition) is 7. The number of nitrogens with one attached hydrogen (secondary N) is 2. The average molecular weight is 361 g/mol. The Kier molecular flexibility index (Phi) is 5.94. The Bertz CT molecular complexity index is 894. The van der Waals surface area contributed by atoms with Crippen LogP contribution in [0.25, 0.3) is 0 Å². The van der Waals surface area contributed by atoms with Gasteiger partial charge in [0, 0.05) is 11.9 Å². The summed E-state index contributed by atoms with van der Waals surface area (Å²) in [5, 5.41) is 11.6. The molecule has 2 aromatic rings. The number of esters is 1. The number of nitrogens with zero attached hydrogens (tertiary/aromatic N) is 1. The fourth-order valence-electron chi connectivity index (χ4n) is 1.80. The summed E-state index contributed by atoms with van der Waals surface area (Å²) in [6.45, 7) is 0.0444. The first-order chi connectivity index (χ1) is 12.0. The maximum atomic E-state index is 12.2. The van der Waals surface area contributed by atoms with Crippen molar-refractivity contribution in [3.05, 3.63) is 60.2 Å². The Balaban J connectivity index is 2.05. The van der Waals surface area contributed by atoms with Crippen molar-refractivity contribution in [2.75, 3.05) is 12.4 Å². The van der Waals surface area contributed by atoms with Crippen molar-refractivity contribution in [3.8, 4) is 6.07 Å². The number of carbonyl (C=O) groups is 1. The SMILES string of the molecule is COC(=O)/C(C#N)=C/Nc1ccc(S(=O)(=O)NCc2ccco2)cc1. The van der Waals surface area contributed by atoms with Gasteiger partial charge in [0.25, 0.3) is 0 Å². The fourth-order valence-corrected chi connectivity index (χ4v) is 2.79. The summed E-state index contributed by atoms with van der Waals surface area (Å²) in [6.07, 6.45) is 2.64. The third-order valence-corrected chi connectivity index (χ3v) is 4.51. The van der Waals surface area contributed by atoms with Gasteiger partial charge in [-0.05, 0) is 36.4 Å². The van der Waals surface area contributed by atoms with Crippen LogP contribution in [0.5, 0.6) is 0 Å². The van der Waals surface area contributed by atoms with Crippen LogP contribution < -0.4 is 10.0 Å². The Labute approximate surface area is 144 Å². The number of methoxy groups -OCH3 is 1. The highest BCUT2D eigenvalue weighted by Crippen LogP contribution is 2.15. The molecule has 0 aliphatic rings. The minimum Gasteiger partial charge on any atom is -0.468 e. The standard InChI is InChI=1S/C16H15N3O5S/c1-23-16(20)12(9-17)10-18-13-4-6-15(7-5-13)25(21,22)19-11-14-3-2-8-24-14/h2-8,10,18-19H,11H2,1H3/b12-10+. The number of ether oxygens (including phenoxy) is 1. The Hall–Kier alpha value is -3.09. The summed E-state index contributed by atoms with van der Waals surface area (Å²) in [5.41, 5.74) is 0.293. The molecule has 0 fully saturated rings. The van der Waals surface area contributed by atoms with Gasteiger partial charge in [-0.15, -0.1) is 0 Å². The molecule has 0 unspecified atom stereocenters. The lowest BCUT2D eigenvalue weighted by atomic mass is 10.3. The van der Waals surface area contributed by atoms with Gasteiger partial charge < -0.3 is 14.5 Å². The van der Waals surface area contributed by atoms with Gasteiger partial charge in [0.15, 0.2) is 5.57 Å². The molecule has 0 bridgehead atoms. The Morgan fingerprint density at radius 1 is 1.32 bits per heavy atom. The molecule has 0 aliphatic heterocycles. The van der Waals surface area contributed by atoms with E-state index >= 15 is 0 Å². The maximum absolute atomic E-state index is 12.2. The zero-order valence-electron chi connectivity index (χ0n) is 13.2. The third-order valence-electron chi connectivity index (χ3n) is 3.09. The number of carbonyl (C=O) groups excluding carboxylic acids is 1. The topological polar surface area (TPSA) is 121 Å². The van der Waals surface area contributed by atoms with E-state index in [0.29, 0.717) is 11.4 Å². The molecule has 2 N–H and O–H groups in total. The van der Waals surface area contributed by atoms with E-state index in [-0.39, 0.29) is 17.0 Å². The van der Waals surface area contributed by atoms with Gasteiger partial charge in [0.05, 0.1) is 24.8 Å². The summed E-state index contributed by atoms with van der Waals surface area (Å²) in [6, 6.07) is 10.8. The molecule has 0 spiro atoms. The maximum Gasteiger partial charge on any atom is 0.350 e. The second-order valence-corrected chi connectivity index (χ2v) is 6.50. The largest absolute Gasteiger partial charge is 0.468 e. The molecule has 0 saturated carbocycles. The number of nitriles is 1. The van der Waals surface area contributed by atoms with Crippen LogP contribution in [0.1, 0.15) is 5.76 Å². The second kappa shape index (κ2) is 8.14. The molecule has 1 aromatic carbocycles. The molecule has 0 amide bonds.